The summed E-state index contributed by atoms with van der Waals surface area (Å²) in [6.07, 6.45) is 0. The van der Waals surface area contributed by atoms with Crippen LogP contribution in [0.25, 0.3) is 0 Å². The van der Waals surface area contributed by atoms with Crippen LogP contribution >= 0.6 is 0 Å². The molecular formula is C16H21N3O2. The first-order chi connectivity index (χ1) is 10.0. The number of nitrogens with zero attached hydrogens (tertiary/aromatic N) is 1. The third kappa shape index (κ3) is 3.42. The van der Waals surface area contributed by atoms with Gasteiger partial charge < -0.3 is 10.1 Å². The van der Waals surface area contributed by atoms with Crippen molar-refractivity contribution in [3.05, 3.63) is 46.8 Å². The molecule has 1 heterocycles. The molecule has 1 amide bonds. The summed E-state index contributed by atoms with van der Waals surface area (Å²) >= 11 is 0. The summed E-state index contributed by atoms with van der Waals surface area (Å²) in [4.78, 5) is 12.3. The number of aromatic nitrogens is 2. The Morgan fingerprint density at radius 1 is 1.43 bits per heavy atom. The number of carbonyl (C=O) groups is 1. The number of methoxy groups -OCH3 is 1. The quantitative estimate of drug-likeness (QED) is 0.887. The number of hydrogen-bond acceptors (Lipinski definition) is 3. The Morgan fingerprint density at radius 2 is 2.19 bits per heavy atom. The molecule has 0 radical (unpaired) electrons. The summed E-state index contributed by atoms with van der Waals surface area (Å²) in [6.45, 7) is 6.22. The van der Waals surface area contributed by atoms with Gasteiger partial charge in [0.25, 0.3) is 0 Å². The van der Waals surface area contributed by atoms with Gasteiger partial charge in [-0.25, -0.2) is 0 Å². The number of carbonyl (C=O) groups excluding carboxylic acids is 1. The maximum Gasteiger partial charge on any atom is 0.227 e. The number of hydrogen-bond donors (Lipinski definition) is 2. The summed E-state index contributed by atoms with van der Waals surface area (Å²) in [6, 6.07) is 7.67. The third-order valence-corrected chi connectivity index (χ3v) is 3.61. The molecule has 0 bridgehead atoms. The molecule has 112 valence electrons. The van der Waals surface area contributed by atoms with E-state index >= 15 is 0 Å². The van der Waals surface area contributed by atoms with Crippen molar-refractivity contribution in [2.45, 2.75) is 33.2 Å². The smallest absolute Gasteiger partial charge is 0.227 e. The van der Waals surface area contributed by atoms with Gasteiger partial charge in [0, 0.05) is 17.8 Å². The van der Waals surface area contributed by atoms with Crippen LogP contribution in [0.4, 0.5) is 0 Å². The highest BCUT2D eigenvalue weighted by Crippen LogP contribution is 2.21. The van der Waals surface area contributed by atoms with Crippen LogP contribution in [0.15, 0.2) is 24.3 Å². The fraction of sp³-hybridized carbons (Fsp3) is 0.375. The van der Waals surface area contributed by atoms with E-state index in [2.05, 4.69) is 15.5 Å². The summed E-state index contributed by atoms with van der Waals surface area (Å²) in [5.41, 5.74) is 3.79. The van der Waals surface area contributed by atoms with Gasteiger partial charge in [-0.2, -0.15) is 5.10 Å². The molecule has 0 saturated heterocycles. The van der Waals surface area contributed by atoms with Crippen LogP contribution in [0.5, 0.6) is 5.75 Å². The Bertz CT molecular complexity index is 615. The number of aryl methyl sites for hydroxylation is 2. The lowest BCUT2D eigenvalue weighted by atomic mass is 9.98. The first-order valence-corrected chi connectivity index (χ1v) is 6.95. The van der Waals surface area contributed by atoms with Crippen molar-refractivity contribution < 1.29 is 9.53 Å². The topological polar surface area (TPSA) is 67.0 Å². The molecule has 2 rings (SSSR count). The zero-order chi connectivity index (χ0) is 15.4. The summed E-state index contributed by atoms with van der Waals surface area (Å²) < 4.78 is 5.17. The largest absolute Gasteiger partial charge is 0.497 e. The Labute approximate surface area is 124 Å². The van der Waals surface area contributed by atoms with Crippen molar-refractivity contribution >= 4 is 5.91 Å². The van der Waals surface area contributed by atoms with Crippen LogP contribution in [0.3, 0.4) is 0 Å². The molecule has 5 nitrogen and oxygen atoms in total. The average Bonchev–Trinajstić information content (AvgIpc) is 2.83. The molecule has 2 N–H and O–H groups in total. The maximum atomic E-state index is 12.3. The standard InChI is InChI=1S/C16H21N3O2/c1-10(15-11(2)18-19-12(15)3)16(20)17-9-13-6-5-7-14(8-13)21-4/h5-8,10H,9H2,1-4H3,(H,17,20)(H,18,19). The van der Waals surface area contributed by atoms with Crippen molar-refractivity contribution in [1.29, 1.82) is 0 Å². The van der Waals surface area contributed by atoms with E-state index in [-0.39, 0.29) is 11.8 Å². The van der Waals surface area contributed by atoms with E-state index in [0.29, 0.717) is 6.54 Å². The summed E-state index contributed by atoms with van der Waals surface area (Å²) in [7, 11) is 1.63. The van der Waals surface area contributed by atoms with Crippen molar-refractivity contribution in [1.82, 2.24) is 15.5 Å². The van der Waals surface area contributed by atoms with Gasteiger partial charge in [-0.05, 0) is 38.5 Å². The average molecular weight is 287 g/mol. The van der Waals surface area contributed by atoms with Crippen LogP contribution in [-0.2, 0) is 11.3 Å². The normalized spacial score (nSPS) is 12.0. The van der Waals surface area contributed by atoms with Crippen LogP contribution in [-0.4, -0.2) is 23.2 Å². The molecule has 1 atom stereocenters. The molecule has 1 unspecified atom stereocenters. The lowest BCUT2D eigenvalue weighted by molar-refractivity contribution is -0.122. The predicted octanol–water partition coefficient (Wildman–Crippen LogP) is 2.46. The number of H-pyrrole nitrogens is 1. The second-order valence-electron chi connectivity index (χ2n) is 5.14. The minimum Gasteiger partial charge on any atom is -0.497 e. The van der Waals surface area contributed by atoms with Gasteiger partial charge in [0.2, 0.25) is 5.91 Å². The first kappa shape index (κ1) is 15.1. The van der Waals surface area contributed by atoms with Gasteiger partial charge >= 0.3 is 0 Å². The molecular weight excluding hydrogens is 266 g/mol. The Balaban J connectivity index is 2.01. The number of aromatic amines is 1. The molecule has 0 spiro atoms. The molecule has 1 aromatic heterocycles. The van der Waals surface area contributed by atoms with Crippen molar-refractivity contribution in [2.75, 3.05) is 7.11 Å². The van der Waals surface area contributed by atoms with Crippen LogP contribution in [0, 0.1) is 13.8 Å². The fourth-order valence-electron chi connectivity index (χ4n) is 2.45. The molecule has 21 heavy (non-hydrogen) atoms. The van der Waals surface area contributed by atoms with Gasteiger partial charge in [-0.3, -0.25) is 9.89 Å². The van der Waals surface area contributed by atoms with Gasteiger partial charge in [0.15, 0.2) is 0 Å². The number of rotatable bonds is 5. The van der Waals surface area contributed by atoms with Crippen molar-refractivity contribution in [3.8, 4) is 5.75 Å². The molecule has 0 aliphatic rings. The van der Waals surface area contributed by atoms with Crippen LogP contribution in [0.2, 0.25) is 0 Å². The fourth-order valence-corrected chi connectivity index (χ4v) is 2.45. The van der Waals surface area contributed by atoms with E-state index in [1.54, 1.807) is 7.11 Å². The molecule has 0 aliphatic carbocycles. The van der Waals surface area contributed by atoms with Gasteiger partial charge in [0.05, 0.1) is 18.7 Å². The first-order valence-electron chi connectivity index (χ1n) is 6.95. The Morgan fingerprint density at radius 3 is 2.81 bits per heavy atom. The molecule has 0 fully saturated rings. The minimum absolute atomic E-state index is 0.00887. The van der Waals surface area contributed by atoms with E-state index in [4.69, 9.17) is 4.74 Å². The number of benzene rings is 1. The third-order valence-electron chi connectivity index (χ3n) is 3.61. The van der Waals surface area contributed by atoms with Gasteiger partial charge in [-0.15, -0.1) is 0 Å². The van der Waals surface area contributed by atoms with E-state index in [1.807, 2.05) is 45.0 Å². The monoisotopic (exact) mass is 287 g/mol. The highest BCUT2D eigenvalue weighted by molar-refractivity contribution is 5.83. The van der Waals surface area contributed by atoms with Crippen molar-refractivity contribution in [2.24, 2.45) is 0 Å². The van der Waals surface area contributed by atoms with Gasteiger partial charge in [0.1, 0.15) is 5.75 Å². The predicted molar refractivity (Wildman–Crippen MR) is 81.3 cm³/mol. The minimum atomic E-state index is -0.227. The number of nitrogens with one attached hydrogen (secondary N) is 2. The summed E-state index contributed by atoms with van der Waals surface area (Å²) in [5.74, 6) is 0.552. The highest BCUT2D eigenvalue weighted by Gasteiger charge is 2.20. The molecule has 0 aliphatic heterocycles. The second-order valence-corrected chi connectivity index (χ2v) is 5.14. The molecule has 5 heteroatoms. The van der Waals surface area contributed by atoms with Crippen LogP contribution in [0.1, 0.15) is 35.4 Å². The Hall–Kier alpha value is -2.30. The van der Waals surface area contributed by atoms with E-state index in [1.165, 1.54) is 0 Å². The SMILES string of the molecule is COc1cccc(CNC(=O)C(C)c2c(C)n[nH]c2C)c1. The van der Waals surface area contributed by atoms with E-state index in [0.717, 1.165) is 28.3 Å². The van der Waals surface area contributed by atoms with Gasteiger partial charge in [-0.1, -0.05) is 12.1 Å². The number of ether oxygens (including phenoxy) is 1. The molecule has 2 aromatic rings. The summed E-state index contributed by atoms with van der Waals surface area (Å²) in [5, 5.41) is 10.0. The maximum absolute atomic E-state index is 12.3. The highest BCUT2D eigenvalue weighted by atomic mass is 16.5. The lowest BCUT2D eigenvalue weighted by Crippen LogP contribution is -2.28. The zero-order valence-corrected chi connectivity index (χ0v) is 12.9. The molecule has 0 saturated carbocycles. The van der Waals surface area contributed by atoms with E-state index in [9.17, 15) is 4.79 Å². The van der Waals surface area contributed by atoms with Crippen LogP contribution < -0.4 is 10.1 Å². The lowest BCUT2D eigenvalue weighted by Gasteiger charge is -2.13. The molecule has 1 aromatic carbocycles. The van der Waals surface area contributed by atoms with Crippen molar-refractivity contribution in [3.63, 3.8) is 0 Å². The second kappa shape index (κ2) is 6.43. The van der Waals surface area contributed by atoms with E-state index < -0.39 is 0 Å². The zero-order valence-electron chi connectivity index (χ0n) is 12.9. The number of amides is 1. The Kier molecular flexibility index (Phi) is 4.62.